The minimum atomic E-state index is -1.13. The molecule has 5 heteroatoms. The summed E-state index contributed by atoms with van der Waals surface area (Å²) in [4.78, 5) is 12.4. The lowest BCUT2D eigenvalue weighted by atomic mass is 9.99. The van der Waals surface area contributed by atoms with Crippen molar-refractivity contribution in [2.24, 2.45) is 0 Å². The third-order valence-corrected chi connectivity index (χ3v) is 11.0. The van der Waals surface area contributed by atoms with Crippen LogP contribution in [-0.2, 0) is 4.79 Å². The average Bonchev–Trinajstić information content (AvgIpc) is 3.12. The quantitative estimate of drug-likeness (QED) is 0.0475. The van der Waals surface area contributed by atoms with Crippen LogP contribution >= 0.6 is 0 Å². The molecule has 0 aromatic rings. The summed E-state index contributed by atoms with van der Waals surface area (Å²) in [6.45, 7) is 4.20. The van der Waals surface area contributed by atoms with Gasteiger partial charge in [-0.05, 0) is 12.8 Å². The van der Waals surface area contributed by atoms with Crippen LogP contribution in [0.1, 0.15) is 258 Å². The summed E-state index contributed by atoms with van der Waals surface area (Å²) in [5.74, 6) is -0.139. The first-order valence-electron chi connectivity index (χ1n) is 22.8. The third kappa shape index (κ3) is 35.7. The van der Waals surface area contributed by atoms with Crippen molar-refractivity contribution in [3.05, 3.63) is 0 Å². The average molecular weight is 710 g/mol. The normalized spacial score (nSPS) is 13.5. The Balaban J connectivity index is 3.56. The first-order valence-corrected chi connectivity index (χ1v) is 22.8. The first-order chi connectivity index (χ1) is 24.6. The Kier molecular flexibility index (Phi) is 40.6. The third-order valence-electron chi connectivity index (χ3n) is 11.0. The predicted octanol–water partition coefficient (Wildman–Crippen LogP) is 13.0. The molecule has 1 amide bonds. The van der Waals surface area contributed by atoms with Gasteiger partial charge in [0.25, 0.3) is 0 Å². The van der Waals surface area contributed by atoms with Gasteiger partial charge in [0, 0.05) is 6.42 Å². The number of unbranched alkanes of at least 4 members (excludes halogenated alkanes) is 34. The van der Waals surface area contributed by atoms with Gasteiger partial charge in [0.1, 0.15) is 6.10 Å². The molecule has 0 spiro atoms. The fraction of sp³-hybridized carbons (Fsp3) is 0.978. The summed E-state index contributed by atoms with van der Waals surface area (Å²) in [7, 11) is 0. The number of carbonyl (C=O) groups excluding carboxylic acids is 1. The van der Waals surface area contributed by atoms with Gasteiger partial charge in [-0.1, -0.05) is 239 Å². The molecular weight excluding hydrogens is 618 g/mol. The summed E-state index contributed by atoms with van der Waals surface area (Å²) in [6.07, 6.45) is 46.4. The summed E-state index contributed by atoms with van der Waals surface area (Å²) >= 11 is 0. The second kappa shape index (κ2) is 41.1. The van der Waals surface area contributed by atoms with Gasteiger partial charge in [-0.3, -0.25) is 4.79 Å². The van der Waals surface area contributed by atoms with E-state index in [0.29, 0.717) is 12.8 Å². The number of aliphatic hydroxyl groups is 3. The molecule has 0 saturated carbocycles. The van der Waals surface area contributed by atoms with E-state index in [1.54, 1.807) is 0 Å². The fourth-order valence-corrected chi connectivity index (χ4v) is 7.40. The van der Waals surface area contributed by atoms with Crippen molar-refractivity contribution in [1.29, 1.82) is 0 Å². The molecule has 3 atom stereocenters. The van der Waals surface area contributed by atoms with E-state index in [9.17, 15) is 20.1 Å². The molecule has 0 unspecified atom stereocenters. The summed E-state index contributed by atoms with van der Waals surface area (Å²) in [5, 5.41) is 33.6. The highest BCUT2D eigenvalue weighted by molar-refractivity contribution is 5.76. The molecule has 0 aromatic carbocycles. The van der Waals surface area contributed by atoms with E-state index < -0.39 is 18.2 Å². The molecule has 4 N–H and O–H groups in total. The van der Waals surface area contributed by atoms with Crippen LogP contribution in [0.15, 0.2) is 0 Å². The predicted molar refractivity (Wildman–Crippen MR) is 218 cm³/mol. The van der Waals surface area contributed by atoms with E-state index in [1.807, 2.05) is 0 Å². The van der Waals surface area contributed by atoms with Gasteiger partial charge in [0.05, 0.1) is 18.8 Å². The van der Waals surface area contributed by atoms with Crippen LogP contribution in [0.4, 0.5) is 0 Å². The molecule has 5 nitrogen and oxygen atoms in total. The Hall–Kier alpha value is -0.650. The van der Waals surface area contributed by atoms with Gasteiger partial charge in [-0.25, -0.2) is 0 Å². The second-order valence-electron chi connectivity index (χ2n) is 16.0. The van der Waals surface area contributed by atoms with Gasteiger partial charge in [0.15, 0.2) is 0 Å². The van der Waals surface area contributed by atoms with E-state index in [2.05, 4.69) is 19.2 Å². The van der Waals surface area contributed by atoms with Crippen LogP contribution in [0.25, 0.3) is 0 Å². The number of nitrogens with one attached hydrogen (secondary N) is 1. The number of hydrogen-bond donors (Lipinski definition) is 4. The number of hydrogen-bond acceptors (Lipinski definition) is 4. The zero-order valence-corrected chi connectivity index (χ0v) is 34.1. The van der Waals surface area contributed by atoms with Crippen LogP contribution < -0.4 is 5.32 Å². The second-order valence-corrected chi connectivity index (χ2v) is 16.0. The molecule has 0 fully saturated rings. The van der Waals surface area contributed by atoms with Crippen LogP contribution in [0, 0.1) is 0 Å². The first kappa shape index (κ1) is 49.4. The molecule has 0 radical (unpaired) electrons. The van der Waals surface area contributed by atoms with E-state index in [4.69, 9.17) is 0 Å². The minimum Gasteiger partial charge on any atom is -0.394 e. The van der Waals surface area contributed by atoms with Gasteiger partial charge in [-0.15, -0.1) is 0 Å². The molecular formula is C45H91NO4. The number of amides is 1. The maximum Gasteiger partial charge on any atom is 0.220 e. The Morgan fingerprint density at radius 2 is 0.680 bits per heavy atom. The minimum absolute atomic E-state index is 0.139. The lowest BCUT2D eigenvalue weighted by molar-refractivity contribution is -0.124. The van der Waals surface area contributed by atoms with Crippen molar-refractivity contribution >= 4 is 5.91 Å². The molecule has 0 rings (SSSR count). The summed E-state index contributed by atoms with van der Waals surface area (Å²) in [5.41, 5.74) is 0. The Bertz CT molecular complexity index is 659. The van der Waals surface area contributed by atoms with Crippen LogP contribution in [0.2, 0.25) is 0 Å². The molecule has 0 aliphatic carbocycles. The van der Waals surface area contributed by atoms with Crippen molar-refractivity contribution < 1.29 is 20.1 Å². The SMILES string of the molecule is CCCCCCCCCCCCCCCCCCCCCCCC(=O)N[C@@H](CO)[C@H](O)[C@H](O)CCCCCCCCCCCCCCCCC. The van der Waals surface area contributed by atoms with E-state index in [-0.39, 0.29) is 12.5 Å². The van der Waals surface area contributed by atoms with E-state index in [0.717, 1.165) is 32.1 Å². The maximum absolute atomic E-state index is 12.4. The molecule has 0 aromatic heterocycles. The maximum atomic E-state index is 12.4. The van der Waals surface area contributed by atoms with Crippen molar-refractivity contribution in [2.75, 3.05) is 6.61 Å². The summed E-state index contributed by atoms with van der Waals surface area (Å²) < 4.78 is 0. The molecule has 0 aliphatic rings. The van der Waals surface area contributed by atoms with Crippen LogP contribution in [0.3, 0.4) is 0 Å². The van der Waals surface area contributed by atoms with Crippen LogP contribution in [0.5, 0.6) is 0 Å². The zero-order valence-electron chi connectivity index (χ0n) is 34.1. The molecule has 0 heterocycles. The van der Waals surface area contributed by atoms with Crippen molar-refractivity contribution in [2.45, 2.75) is 276 Å². The highest BCUT2D eigenvalue weighted by Gasteiger charge is 2.26. The Morgan fingerprint density at radius 3 is 0.960 bits per heavy atom. The largest absolute Gasteiger partial charge is 0.394 e. The van der Waals surface area contributed by atoms with Gasteiger partial charge in [0.2, 0.25) is 5.91 Å². The molecule has 300 valence electrons. The highest BCUT2D eigenvalue weighted by Crippen LogP contribution is 2.17. The van der Waals surface area contributed by atoms with Crippen molar-refractivity contribution in [3.8, 4) is 0 Å². The number of rotatable bonds is 42. The monoisotopic (exact) mass is 710 g/mol. The van der Waals surface area contributed by atoms with Crippen molar-refractivity contribution in [1.82, 2.24) is 5.32 Å². The van der Waals surface area contributed by atoms with E-state index >= 15 is 0 Å². The smallest absolute Gasteiger partial charge is 0.220 e. The fourth-order valence-electron chi connectivity index (χ4n) is 7.40. The molecule has 0 aliphatic heterocycles. The molecule has 0 bridgehead atoms. The highest BCUT2D eigenvalue weighted by atomic mass is 16.3. The van der Waals surface area contributed by atoms with E-state index in [1.165, 1.54) is 199 Å². The Morgan fingerprint density at radius 1 is 0.420 bits per heavy atom. The lowest BCUT2D eigenvalue weighted by Crippen LogP contribution is -2.50. The zero-order chi connectivity index (χ0) is 36.6. The Labute approximate surface area is 313 Å². The standard InChI is InChI=1S/C45H91NO4/c1-3-5-7-9-11-13-15-17-19-20-21-22-23-24-26-28-30-32-34-36-38-40-44(49)46-42(41-47)45(50)43(48)39-37-35-33-31-29-27-25-18-16-14-12-10-8-6-4-2/h42-43,45,47-48,50H,3-41H2,1-2H3,(H,46,49)/t42-,43+,45-/m0/s1. The lowest BCUT2D eigenvalue weighted by Gasteiger charge is -2.26. The van der Waals surface area contributed by atoms with Gasteiger partial charge >= 0.3 is 0 Å². The van der Waals surface area contributed by atoms with Gasteiger partial charge in [-0.2, -0.15) is 0 Å². The molecule has 0 saturated heterocycles. The molecule has 50 heavy (non-hydrogen) atoms. The summed E-state index contributed by atoms with van der Waals surface area (Å²) in [6, 6.07) is -0.802. The number of carbonyl (C=O) groups is 1. The topological polar surface area (TPSA) is 89.8 Å². The van der Waals surface area contributed by atoms with Gasteiger partial charge < -0.3 is 20.6 Å². The van der Waals surface area contributed by atoms with Crippen LogP contribution in [-0.4, -0.2) is 46.1 Å². The number of aliphatic hydroxyl groups excluding tert-OH is 3. The van der Waals surface area contributed by atoms with Crippen molar-refractivity contribution in [3.63, 3.8) is 0 Å².